The Bertz CT molecular complexity index is 2330. The number of rotatable bonds is 18. The molecular weight excluding hydrogens is 865 g/mol. The average Bonchev–Trinajstić information content (AvgIpc) is 3.99. The Balaban J connectivity index is 1.06. The smallest absolute Gasteiger partial charge is 0.255 e. The first-order valence-electron chi connectivity index (χ1n) is 25.2. The summed E-state index contributed by atoms with van der Waals surface area (Å²) in [5.41, 5.74) is 19.2. The van der Waals surface area contributed by atoms with Crippen molar-refractivity contribution in [2.75, 3.05) is 93.1 Å². The highest BCUT2D eigenvalue weighted by molar-refractivity contribution is 7.10. The number of nitrogens with one attached hydrogen (secondary N) is 1. The fraction of sp³-hybridized carbons (Fsp3) is 0.673. The van der Waals surface area contributed by atoms with E-state index in [1.165, 1.54) is 35.0 Å². The van der Waals surface area contributed by atoms with Gasteiger partial charge < -0.3 is 38.9 Å². The van der Waals surface area contributed by atoms with Crippen LogP contribution in [0.1, 0.15) is 112 Å². The number of benzene rings is 1. The molecule has 10 rings (SSSR count). The Morgan fingerprint density at radius 2 is 1.82 bits per heavy atom. The number of carbonyl (C=O) groups excluding carboxylic acids is 1. The van der Waals surface area contributed by atoms with Crippen LogP contribution in [0.3, 0.4) is 0 Å². The Labute approximate surface area is 401 Å². The number of pyridine rings is 1. The first-order chi connectivity index (χ1) is 32.5. The lowest BCUT2D eigenvalue weighted by molar-refractivity contribution is -0.201. The number of fused-ring (bicyclic) bond motifs is 1. The van der Waals surface area contributed by atoms with Gasteiger partial charge in [0.25, 0.3) is 5.91 Å². The number of likely N-dealkylation sites (tertiary alicyclic amines) is 2. The quantitative estimate of drug-likeness (QED) is 0.105. The van der Waals surface area contributed by atoms with Crippen molar-refractivity contribution in [3.63, 3.8) is 0 Å². The number of piperidine rings is 1. The highest BCUT2D eigenvalue weighted by Gasteiger charge is 2.53. The van der Waals surface area contributed by atoms with E-state index in [-0.39, 0.29) is 35.0 Å². The van der Waals surface area contributed by atoms with Crippen LogP contribution >= 0.6 is 11.3 Å². The molecule has 1 aromatic carbocycles. The molecule has 6 aliphatic rings. The maximum Gasteiger partial charge on any atom is 0.255 e. The lowest BCUT2D eigenvalue weighted by Crippen LogP contribution is -2.69. The van der Waals surface area contributed by atoms with E-state index in [2.05, 4.69) is 76.4 Å². The van der Waals surface area contributed by atoms with E-state index in [1.54, 1.807) is 30.6 Å². The van der Waals surface area contributed by atoms with Gasteiger partial charge in [-0.2, -0.15) is 0 Å². The van der Waals surface area contributed by atoms with Crippen LogP contribution in [-0.4, -0.2) is 147 Å². The minimum atomic E-state index is -0.751. The predicted octanol–water partition coefficient (Wildman–Crippen LogP) is 7.11. The van der Waals surface area contributed by atoms with Gasteiger partial charge in [-0.1, -0.05) is 19.9 Å². The minimum absolute atomic E-state index is 0.0731. The first-order valence-corrected chi connectivity index (χ1v) is 26.1. The first kappa shape index (κ1) is 47.3. The second-order valence-electron chi connectivity index (χ2n) is 21.3. The molecule has 364 valence electrons. The molecule has 14 nitrogen and oxygen atoms in total. The molecule has 5 saturated heterocycles. The summed E-state index contributed by atoms with van der Waals surface area (Å²) in [7, 11) is 3.58. The normalized spacial score (nSPS) is 22.5. The summed E-state index contributed by atoms with van der Waals surface area (Å²) in [5, 5.41) is 5.94. The number of ether oxygens (including phenoxy) is 5. The molecule has 5 aliphatic heterocycles. The molecule has 1 amide bonds. The highest BCUT2D eigenvalue weighted by atomic mass is 32.1. The SMILES string of the molecule is COCC(C)(C)Cc1c(-c2cc(C3CCN(C4CC4)CC3)cnc2C(C)OC)n(CCOC2CCOCC2)c2ccc(-c3csc(C(C(N)C(=O)N4CCCCN4)N4CC5(COC5)C4)n3)cc12. The van der Waals surface area contributed by atoms with Gasteiger partial charge in [-0.05, 0) is 118 Å². The molecule has 8 heterocycles. The summed E-state index contributed by atoms with van der Waals surface area (Å²) in [5.74, 6) is 0.380. The van der Waals surface area contributed by atoms with E-state index < -0.39 is 6.04 Å². The van der Waals surface area contributed by atoms with Gasteiger partial charge in [-0.3, -0.25) is 19.7 Å². The lowest BCUT2D eigenvalue weighted by atomic mass is 9.76. The number of hydrazine groups is 1. The Hall–Kier alpha value is -3.35. The van der Waals surface area contributed by atoms with Gasteiger partial charge in [0.2, 0.25) is 0 Å². The average molecular weight is 939 g/mol. The van der Waals surface area contributed by atoms with Crippen molar-refractivity contribution in [1.29, 1.82) is 0 Å². The van der Waals surface area contributed by atoms with Gasteiger partial charge in [-0.15, -0.1) is 11.3 Å². The zero-order chi connectivity index (χ0) is 46.3. The monoisotopic (exact) mass is 939 g/mol. The van der Waals surface area contributed by atoms with Crippen molar-refractivity contribution >= 4 is 28.1 Å². The van der Waals surface area contributed by atoms with Gasteiger partial charge in [0.1, 0.15) is 11.0 Å². The number of nitrogens with zero attached hydrogens (tertiary/aromatic N) is 6. The van der Waals surface area contributed by atoms with E-state index in [9.17, 15) is 4.79 Å². The Kier molecular flexibility index (Phi) is 14.3. The van der Waals surface area contributed by atoms with Crippen LogP contribution in [0.5, 0.6) is 0 Å². The standard InChI is InChI=1S/C52H74N8O6S/c1-34(63-5)46-41(25-37(27-54-46)35-12-18-57(19-13-35)38-9-10-38)47-42(26-51(2,3)31-62-4)40-24-36(8-11-44(40)59(47)20-23-66-39-14-21-64-22-15-39)43-28-67-49(56-43)48(58-29-52(30-58)32-65-33-52)45(53)50(61)60-17-7-6-16-55-60/h8,11,24-25,27-28,34-35,38-39,45,48,55H,6-7,9-10,12-23,26,29-33,53H2,1-5H3. The number of amides is 1. The van der Waals surface area contributed by atoms with Crippen LogP contribution < -0.4 is 11.2 Å². The number of methoxy groups -OCH3 is 2. The topological polar surface area (TPSA) is 142 Å². The van der Waals surface area contributed by atoms with Crippen molar-refractivity contribution in [3.8, 4) is 22.5 Å². The number of hydrogen-bond donors (Lipinski definition) is 2. The second-order valence-corrected chi connectivity index (χ2v) is 22.2. The molecule has 67 heavy (non-hydrogen) atoms. The van der Waals surface area contributed by atoms with Crippen LogP contribution in [0.15, 0.2) is 35.8 Å². The van der Waals surface area contributed by atoms with Crippen LogP contribution in [-0.2, 0) is 41.4 Å². The molecule has 1 aliphatic carbocycles. The Morgan fingerprint density at radius 1 is 1.03 bits per heavy atom. The molecule has 3 unspecified atom stereocenters. The van der Waals surface area contributed by atoms with Crippen molar-refractivity contribution < 1.29 is 28.5 Å². The minimum Gasteiger partial charge on any atom is -0.384 e. The molecule has 4 aromatic rings. The third-order valence-corrected chi connectivity index (χ3v) is 16.5. The van der Waals surface area contributed by atoms with Gasteiger partial charge in [0.05, 0.1) is 61.8 Å². The molecule has 0 bridgehead atoms. The summed E-state index contributed by atoms with van der Waals surface area (Å²) in [6, 6.07) is 9.01. The van der Waals surface area contributed by atoms with Crippen LogP contribution in [0, 0.1) is 10.8 Å². The molecule has 6 fully saturated rings. The van der Waals surface area contributed by atoms with E-state index in [0.717, 1.165) is 143 Å². The fourth-order valence-corrected chi connectivity index (χ4v) is 12.6. The molecule has 3 N–H and O–H groups in total. The molecule has 15 heteroatoms. The summed E-state index contributed by atoms with van der Waals surface area (Å²) >= 11 is 1.60. The predicted molar refractivity (Wildman–Crippen MR) is 262 cm³/mol. The van der Waals surface area contributed by atoms with Crippen molar-refractivity contribution in [2.45, 2.75) is 121 Å². The van der Waals surface area contributed by atoms with Crippen molar-refractivity contribution in [1.82, 2.24) is 34.8 Å². The number of hydrogen-bond acceptors (Lipinski definition) is 13. The summed E-state index contributed by atoms with van der Waals surface area (Å²) in [6.45, 7) is 17.0. The van der Waals surface area contributed by atoms with Crippen molar-refractivity contribution in [2.24, 2.45) is 16.6 Å². The van der Waals surface area contributed by atoms with Crippen LogP contribution in [0.25, 0.3) is 33.4 Å². The molecule has 3 aromatic heterocycles. The van der Waals surface area contributed by atoms with E-state index in [0.29, 0.717) is 32.2 Å². The number of carbonyl (C=O) groups is 1. The summed E-state index contributed by atoms with van der Waals surface area (Å²) in [4.78, 5) is 29.7. The Morgan fingerprint density at radius 3 is 2.51 bits per heavy atom. The van der Waals surface area contributed by atoms with Gasteiger partial charge in [0.15, 0.2) is 0 Å². The van der Waals surface area contributed by atoms with Gasteiger partial charge in [-0.25, -0.2) is 10.4 Å². The fourth-order valence-electron chi connectivity index (χ4n) is 11.6. The summed E-state index contributed by atoms with van der Waals surface area (Å²) < 4.78 is 32.5. The zero-order valence-corrected chi connectivity index (χ0v) is 41.4. The van der Waals surface area contributed by atoms with Gasteiger partial charge >= 0.3 is 0 Å². The molecule has 3 atom stereocenters. The number of nitrogens with two attached hydrogens (primary N) is 1. The van der Waals surface area contributed by atoms with E-state index in [1.807, 2.05) is 0 Å². The lowest BCUT2D eigenvalue weighted by Gasteiger charge is -2.57. The summed E-state index contributed by atoms with van der Waals surface area (Å²) in [6.07, 6.45) is 11.7. The zero-order valence-electron chi connectivity index (χ0n) is 40.6. The highest BCUT2D eigenvalue weighted by Crippen LogP contribution is 2.46. The molecular formula is C52H74N8O6S. The molecule has 1 saturated carbocycles. The number of thiazole rings is 1. The molecule has 0 radical (unpaired) electrons. The molecule has 1 spiro atoms. The van der Waals surface area contributed by atoms with E-state index >= 15 is 0 Å². The third-order valence-electron chi connectivity index (χ3n) is 15.6. The second kappa shape index (κ2) is 20.2. The van der Waals surface area contributed by atoms with Gasteiger partial charge in [0, 0.05) is 105 Å². The third kappa shape index (κ3) is 10.0. The number of aromatic nitrogens is 3. The van der Waals surface area contributed by atoms with Crippen molar-refractivity contribution in [3.05, 3.63) is 57.7 Å². The van der Waals surface area contributed by atoms with Crippen LogP contribution in [0.2, 0.25) is 0 Å². The maximum atomic E-state index is 14.0. The maximum absolute atomic E-state index is 14.0. The van der Waals surface area contributed by atoms with E-state index in [4.69, 9.17) is 39.4 Å². The largest absolute Gasteiger partial charge is 0.384 e. The van der Waals surface area contributed by atoms with Crippen LogP contribution in [0.4, 0.5) is 0 Å².